The number of thiophene rings is 1. The lowest BCUT2D eigenvalue weighted by molar-refractivity contribution is -0.119. The predicted molar refractivity (Wildman–Crippen MR) is 51.4 cm³/mol. The van der Waals surface area contributed by atoms with Crippen LogP contribution in [0.25, 0.3) is 0 Å². The second-order valence-corrected chi connectivity index (χ2v) is 3.67. The van der Waals surface area contributed by atoms with Crippen LogP contribution in [0.15, 0.2) is 16.8 Å². The molecule has 1 rings (SSSR count). The fourth-order valence-corrected chi connectivity index (χ4v) is 1.75. The first kappa shape index (κ1) is 9.26. The van der Waals surface area contributed by atoms with E-state index < -0.39 is 0 Å². The Morgan fingerprint density at radius 1 is 1.75 bits per heavy atom. The molecule has 0 saturated carbocycles. The molecule has 1 amide bonds. The van der Waals surface area contributed by atoms with Crippen LogP contribution in [-0.2, 0) is 4.79 Å². The molecule has 0 aliphatic heterocycles. The van der Waals surface area contributed by atoms with Gasteiger partial charge in [-0.2, -0.15) is 11.3 Å². The minimum Gasteiger partial charge on any atom is -0.356 e. The van der Waals surface area contributed by atoms with Gasteiger partial charge in [0.15, 0.2) is 0 Å². The van der Waals surface area contributed by atoms with Gasteiger partial charge in [0.25, 0.3) is 0 Å². The number of hydrogen-bond acceptors (Lipinski definition) is 2. The van der Waals surface area contributed by atoms with E-state index in [1.54, 1.807) is 18.3 Å². The van der Waals surface area contributed by atoms with Crippen LogP contribution in [0, 0.1) is 0 Å². The van der Waals surface area contributed by atoms with Crippen LogP contribution in [-0.4, -0.2) is 12.5 Å². The van der Waals surface area contributed by atoms with Crippen molar-refractivity contribution in [2.45, 2.75) is 19.8 Å². The van der Waals surface area contributed by atoms with Gasteiger partial charge in [-0.15, -0.1) is 0 Å². The number of carbonyl (C=O) groups is 1. The predicted octanol–water partition coefficient (Wildman–Crippen LogP) is 1.99. The molecule has 0 radical (unpaired) electrons. The zero-order valence-electron chi connectivity index (χ0n) is 7.33. The standard InChI is InChI=1S/C9H13NOS/c1-7(5-10-8(2)11)9-3-4-12-6-9/h3-4,6-7H,5H2,1-2H3,(H,10,11). The monoisotopic (exact) mass is 183 g/mol. The molecule has 1 atom stereocenters. The molecular formula is C9H13NOS. The fraction of sp³-hybridized carbons (Fsp3) is 0.444. The minimum absolute atomic E-state index is 0.0390. The molecule has 1 unspecified atom stereocenters. The van der Waals surface area contributed by atoms with Gasteiger partial charge < -0.3 is 5.32 Å². The molecule has 0 fully saturated rings. The molecule has 1 heterocycles. The minimum atomic E-state index is 0.0390. The van der Waals surface area contributed by atoms with E-state index in [0.29, 0.717) is 5.92 Å². The summed E-state index contributed by atoms with van der Waals surface area (Å²) in [6.07, 6.45) is 0. The number of nitrogens with one attached hydrogen (secondary N) is 1. The third kappa shape index (κ3) is 2.66. The summed E-state index contributed by atoms with van der Waals surface area (Å²) in [6, 6.07) is 2.09. The van der Waals surface area contributed by atoms with Crippen LogP contribution in [0.3, 0.4) is 0 Å². The molecule has 3 heteroatoms. The topological polar surface area (TPSA) is 29.1 Å². The van der Waals surface area contributed by atoms with Gasteiger partial charge in [-0.1, -0.05) is 6.92 Å². The summed E-state index contributed by atoms with van der Waals surface area (Å²) >= 11 is 1.69. The smallest absolute Gasteiger partial charge is 0.216 e. The summed E-state index contributed by atoms with van der Waals surface area (Å²) in [7, 11) is 0. The lowest BCUT2D eigenvalue weighted by Crippen LogP contribution is -2.24. The van der Waals surface area contributed by atoms with E-state index in [2.05, 4.69) is 29.1 Å². The highest BCUT2D eigenvalue weighted by Gasteiger charge is 2.05. The van der Waals surface area contributed by atoms with Gasteiger partial charge in [-0.3, -0.25) is 4.79 Å². The molecule has 0 aromatic carbocycles. The third-order valence-electron chi connectivity index (χ3n) is 1.77. The van der Waals surface area contributed by atoms with Gasteiger partial charge in [0, 0.05) is 13.5 Å². The van der Waals surface area contributed by atoms with Crippen molar-refractivity contribution < 1.29 is 4.79 Å². The average Bonchev–Trinajstić information content (AvgIpc) is 2.51. The van der Waals surface area contributed by atoms with Crippen molar-refractivity contribution in [3.8, 4) is 0 Å². The van der Waals surface area contributed by atoms with E-state index in [4.69, 9.17) is 0 Å². The molecule has 12 heavy (non-hydrogen) atoms. The molecular weight excluding hydrogens is 170 g/mol. The second-order valence-electron chi connectivity index (χ2n) is 2.89. The zero-order chi connectivity index (χ0) is 8.97. The van der Waals surface area contributed by atoms with Gasteiger partial charge in [-0.05, 0) is 28.3 Å². The second kappa shape index (κ2) is 4.26. The largest absolute Gasteiger partial charge is 0.356 e. The van der Waals surface area contributed by atoms with Gasteiger partial charge >= 0.3 is 0 Å². The first-order chi connectivity index (χ1) is 5.70. The molecule has 0 aliphatic carbocycles. The lowest BCUT2D eigenvalue weighted by Gasteiger charge is -2.09. The maximum atomic E-state index is 10.6. The Bertz CT molecular complexity index is 243. The molecule has 0 bridgehead atoms. The Balaban J connectivity index is 2.39. The van der Waals surface area contributed by atoms with Crippen LogP contribution in [0.1, 0.15) is 25.3 Å². The quantitative estimate of drug-likeness (QED) is 0.763. The molecule has 2 nitrogen and oxygen atoms in total. The van der Waals surface area contributed by atoms with Gasteiger partial charge in [-0.25, -0.2) is 0 Å². The summed E-state index contributed by atoms with van der Waals surface area (Å²) in [6.45, 7) is 4.38. The van der Waals surface area contributed by atoms with E-state index in [1.807, 2.05) is 0 Å². The Morgan fingerprint density at radius 2 is 2.50 bits per heavy atom. The number of amides is 1. The molecule has 0 saturated heterocycles. The van der Waals surface area contributed by atoms with Crippen LogP contribution >= 0.6 is 11.3 Å². The van der Waals surface area contributed by atoms with E-state index >= 15 is 0 Å². The molecule has 66 valence electrons. The Morgan fingerprint density at radius 3 is 3.00 bits per heavy atom. The number of carbonyl (C=O) groups excluding carboxylic acids is 1. The van der Waals surface area contributed by atoms with Crippen molar-refractivity contribution in [1.29, 1.82) is 0 Å². The van der Waals surface area contributed by atoms with Crippen LogP contribution < -0.4 is 5.32 Å². The SMILES string of the molecule is CC(=O)NCC(C)c1ccsc1. The van der Waals surface area contributed by atoms with Crippen molar-refractivity contribution in [1.82, 2.24) is 5.32 Å². The average molecular weight is 183 g/mol. The fourth-order valence-electron chi connectivity index (χ4n) is 0.970. The zero-order valence-corrected chi connectivity index (χ0v) is 8.15. The molecule has 1 N–H and O–H groups in total. The summed E-state index contributed by atoms with van der Waals surface area (Å²) in [5, 5.41) is 6.97. The highest BCUT2D eigenvalue weighted by Crippen LogP contribution is 2.16. The maximum Gasteiger partial charge on any atom is 0.216 e. The van der Waals surface area contributed by atoms with Crippen LogP contribution in [0.4, 0.5) is 0 Å². The van der Waals surface area contributed by atoms with Gasteiger partial charge in [0.1, 0.15) is 0 Å². The molecule has 0 aliphatic rings. The Hall–Kier alpha value is -0.830. The first-order valence-electron chi connectivity index (χ1n) is 3.96. The maximum absolute atomic E-state index is 10.6. The van der Waals surface area contributed by atoms with Crippen molar-refractivity contribution >= 4 is 17.2 Å². The van der Waals surface area contributed by atoms with E-state index in [9.17, 15) is 4.79 Å². The van der Waals surface area contributed by atoms with Crippen molar-refractivity contribution in [3.63, 3.8) is 0 Å². The Labute approximate surface area is 76.6 Å². The van der Waals surface area contributed by atoms with E-state index in [0.717, 1.165) is 6.54 Å². The van der Waals surface area contributed by atoms with E-state index in [-0.39, 0.29) is 5.91 Å². The molecule has 0 spiro atoms. The number of hydrogen-bond donors (Lipinski definition) is 1. The summed E-state index contributed by atoms with van der Waals surface area (Å²) in [5.41, 5.74) is 1.30. The highest BCUT2D eigenvalue weighted by molar-refractivity contribution is 7.07. The highest BCUT2D eigenvalue weighted by atomic mass is 32.1. The Kier molecular flexibility index (Phi) is 3.29. The lowest BCUT2D eigenvalue weighted by atomic mass is 10.1. The molecule has 1 aromatic heterocycles. The van der Waals surface area contributed by atoms with E-state index in [1.165, 1.54) is 5.56 Å². The summed E-state index contributed by atoms with van der Waals surface area (Å²) in [4.78, 5) is 10.6. The van der Waals surface area contributed by atoms with Crippen LogP contribution in [0.5, 0.6) is 0 Å². The normalized spacial score (nSPS) is 12.5. The van der Waals surface area contributed by atoms with Crippen molar-refractivity contribution in [2.24, 2.45) is 0 Å². The summed E-state index contributed by atoms with van der Waals surface area (Å²) < 4.78 is 0. The van der Waals surface area contributed by atoms with Gasteiger partial charge in [0.2, 0.25) is 5.91 Å². The first-order valence-corrected chi connectivity index (χ1v) is 4.91. The third-order valence-corrected chi connectivity index (χ3v) is 2.47. The number of rotatable bonds is 3. The van der Waals surface area contributed by atoms with Crippen LogP contribution in [0.2, 0.25) is 0 Å². The molecule has 1 aromatic rings. The van der Waals surface area contributed by atoms with Crippen molar-refractivity contribution in [2.75, 3.05) is 6.54 Å². The summed E-state index contributed by atoms with van der Waals surface area (Å²) in [5.74, 6) is 0.456. The van der Waals surface area contributed by atoms with Gasteiger partial charge in [0.05, 0.1) is 0 Å². The van der Waals surface area contributed by atoms with Crippen molar-refractivity contribution in [3.05, 3.63) is 22.4 Å².